The lowest BCUT2D eigenvalue weighted by Crippen LogP contribution is -2.52. The van der Waals surface area contributed by atoms with Crippen molar-refractivity contribution in [2.75, 3.05) is 6.54 Å². The van der Waals surface area contributed by atoms with Crippen molar-refractivity contribution in [1.82, 2.24) is 4.31 Å². The molecule has 0 amide bonds. The summed E-state index contributed by atoms with van der Waals surface area (Å²) < 4.78 is 26.5. The predicted octanol–water partition coefficient (Wildman–Crippen LogP) is 3.01. The molecule has 1 aliphatic heterocycles. The van der Waals surface area contributed by atoms with Gasteiger partial charge in [0.2, 0.25) is 10.0 Å². The molecule has 1 atom stereocenters. The Morgan fingerprint density at radius 1 is 1.38 bits per heavy atom. The fourth-order valence-electron chi connectivity index (χ4n) is 2.69. The largest absolute Gasteiger partial charge is 0.480 e. The van der Waals surface area contributed by atoms with Gasteiger partial charge >= 0.3 is 5.97 Å². The Labute approximate surface area is 133 Å². The first kappa shape index (κ1) is 16.5. The lowest BCUT2D eigenvalue weighted by molar-refractivity contribution is -0.147. The second kappa shape index (κ2) is 5.76. The predicted molar refractivity (Wildman–Crippen MR) is 80.2 cm³/mol. The summed E-state index contributed by atoms with van der Waals surface area (Å²) in [5, 5.41) is 9.86. The van der Waals surface area contributed by atoms with Crippen molar-refractivity contribution in [3.63, 3.8) is 0 Å². The van der Waals surface area contributed by atoms with Crippen molar-refractivity contribution < 1.29 is 18.3 Å². The highest BCUT2D eigenvalue weighted by atomic mass is 35.5. The van der Waals surface area contributed by atoms with Gasteiger partial charge in [-0.1, -0.05) is 30.1 Å². The van der Waals surface area contributed by atoms with Crippen LogP contribution in [0.4, 0.5) is 0 Å². The molecule has 5 nitrogen and oxygen atoms in total. The second-order valence-corrected chi connectivity index (χ2v) is 7.62. The monoisotopic (exact) mass is 351 g/mol. The molecule has 0 bridgehead atoms. The molecule has 8 heteroatoms. The van der Waals surface area contributed by atoms with Crippen LogP contribution in [0.25, 0.3) is 0 Å². The van der Waals surface area contributed by atoms with Crippen LogP contribution in [0.15, 0.2) is 23.1 Å². The van der Waals surface area contributed by atoms with E-state index in [1.165, 1.54) is 18.2 Å². The zero-order valence-corrected chi connectivity index (χ0v) is 13.7. The van der Waals surface area contributed by atoms with E-state index in [-0.39, 0.29) is 27.9 Å². The number of carboxylic acid groups (broad SMARTS) is 1. The van der Waals surface area contributed by atoms with E-state index in [1.54, 1.807) is 6.92 Å². The maximum absolute atomic E-state index is 12.7. The summed E-state index contributed by atoms with van der Waals surface area (Å²) in [6.07, 6.45) is 1.03. The minimum absolute atomic E-state index is 0.0436. The fourth-order valence-corrected chi connectivity index (χ4v) is 4.94. The minimum atomic E-state index is -3.93. The zero-order valence-electron chi connectivity index (χ0n) is 11.3. The van der Waals surface area contributed by atoms with E-state index in [4.69, 9.17) is 23.2 Å². The molecule has 1 saturated heterocycles. The molecule has 0 radical (unpaired) electrons. The maximum atomic E-state index is 12.7. The number of rotatable bonds is 4. The number of sulfonamides is 1. The van der Waals surface area contributed by atoms with Crippen LogP contribution in [0.5, 0.6) is 0 Å². The van der Waals surface area contributed by atoms with Crippen LogP contribution >= 0.6 is 23.2 Å². The standard InChI is InChI=1S/C13H15Cl2NO4S/c1-2-13(12(17)18)6-3-7-16(13)21(19,20)9-4-5-10(14)11(15)8-9/h4-5,8H,2-3,6-7H2,1H3,(H,17,18). The molecule has 1 fully saturated rings. The van der Waals surface area contributed by atoms with Gasteiger partial charge in [0.25, 0.3) is 0 Å². The quantitative estimate of drug-likeness (QED) is 0.904. The van der Waals surface area contributed by atoms with E-state index in [0.717, 1.165) is 4.31 Å². The Morgan fingerprint density at radius 3 is 2.57 bits per heavy atom. The molecule has 1 aromatic rings. The van der Waals surface area contributed by atoms with Crippen LogP contribution in [0, 0.1) is 0 Å². The average Bonchev–Trinajstić information content (AvgIpc) is 2.87. The first-order chi connectivity index (χ1) is 9.75. The highest BCUT2D eigenvalue weighted by molar-refractivity contribution is 7.89. The number of benzene rings is 1. The third kappa shape index (κ3) is 2.65. The number of hydrogen-bond donors (Lipinski definition) is 1. The second-order valence-electron chi connectivity index (χ2n) is 4.95. The lowest BCUT2D eigenvalue weighted by atomic mass is 9.95. The highest BCUT2D eigenvalue weighted by Crippen LogP contribution is 2.38. The van der Waals surface area contributed by atoms with E-state index >= 15 is 0 Å². The van der Waals surface area contributed by atoms with Gasteiger partial charge in [-0.15, -0.1) is 0 Å². The minimum Gasteiger partial charge on any atom is -0.480 e. The normalized spacial score (nSPS) is 23.4. The van der Waals surface area contributed by atoms with Gasteiger partial charge in [0, 0.05) is 6.54 Å². The van der Waals surface area contributed by atoms with E-state index in [2.05, 4.69) is 0 Å². The van der Waals surface area contributed by atoms with E-state index in [9.17, 15) is 18.3 Å². The Kier molecular flexibility index (Phi) is 4.54. The van der Waals surface area contributed by atoms with Crippen molar-refractivity contribution in [3.05, 3.63) is 28.2 Å². The molecule has 0 spiro atoms. The zero-order chi connectivity index (χ0) is 15.8. The SMILES string of the molecule is CCC1(C(=O)O)CCCN1S(=O)(=O)c1ccc(Cl)c(Cl)c1. The third-order valence-corrected chi connectivity index (χ3v) is 6.59. The summed E-state index contributed by atoms with van der Waals surface area (Å²) in [5.74, 6) is -1.12. The van der Waals surface area contributed by atoms with Crippen LogP contribution in [-0.2, 0) is 14.8 Å². The molecule has 116 valence electrons. The summed E-state index contributed by atoms with van der Waals surface area (Å²) >= 11 is 11.7. The smallest absolute Gasteiger partial charge is 0.325 e. The molecule has 1 aromatic carbocycles. The summed E-state index contributed by atoms with van der Waals surface area (Å²) in [4.78, 5) is 11.6. The molecular formula is C13H15Cl2NO4S. The number of halogens is 2. The number of aliphatic carboxylic acids is 1. The van der Waals surface area contributed by atoms with Gasteiger partial charge in [-0.05, 0) is 37.5 Å². The first-order valence-electron chi connectivity index (χ1n) is 6.47. The molecule has 21 heavy (non-hydrogen) atoms. The van der Waals surface area contributed by atoms with Crippen LogP contribution in [-0.4, -0.2) is 35.9 Å². The maximum Gasteiger partial charge on any atom is 0.325 e. The van der Waals surface area contributed by atoms with Crippen LogP contribution in [0.3, 0.4) is 0 Å². The van der Waals surface area contributed by atoms with Gasteiger partial charge in [0.15, 0.2) is 0 Å². The summed E-state index contributed by atoms with van der Waals surface area (Å²) in [6.45, 7) is 1.86. The van der Waals surface area contributed by atoms with Gasteiger partial charge < -0.3 is 5.11 Å². The van der Waals surface area contributed by atoms with Gasteiger partial charge in [-0.3, -0.25) is 4.79 Å². The molecule has 0 aliphatic carbocycles. The van der Waals surface area contributed by atoms with E-state index < -0.39 is 21.5 Å². The lowest BCUT2D eigenvalue weighted by Gasteiger charge is -2.32. The van der Waals surface area contributed by atoms with Gasteiger partial charge in [-0.2, -0.15) is 4.31 Å². The van der Waals surface area contributed by atoms with Gasteiger partial charge in [0.05, 0.1) is 14.9 Å². The third-order valence-electron chi connectivity index (χ3n) is 3.89. The summed E-state index contributed by atoms with van der Waals surface area (Å²) in [7, 11) is -3.93. The number of nitrogens with zero attached hydrogens (tertiary/aromatic N) is 1. The molecule has 0 saturated carbocycles. The van der Waals surface area contributed by atoms with Crippen molar-refractivity contribution in [1.29, 1.82) is 0 Å². The molecule has 1 aliphatic rings. The molecule has 0 aromatic heterocycles. The number of hydrogen-bond acceptors (Lipinski definition) is 3. The Bertz CT molecular complexity index is 677. The van der Waals surface area contributed by atoms with Crippen molar-refractivity contribution >= 4 is 39.2 Å². The highest BCUT2D eigenvalue weighted by Gasteiger charge is 2.52. The van der Waals surface area contributed by atoms with Crippen LogP contribution in [0.1, 0.15) is 26.2 Å². The average molecular weight is 352 g/mol. The van der Waals surface area contributed by atoms with Crippen LogP contribution in [0.2, 0.25) is 10.0 Å². The molecule has 1 unspecified atom stereocenters. The molecule has 1 N–H and O–H groups in total. The first-order valence-corrected chi connectivity index (χ1v) is 8.66. The van der Waals surface area contributed by atoms with E-state index in [1.807, 2.05) is 0 Å². The van der Waals surface area contributed by atoms with Gasteiger partial charge in [0.1, 0.15) is 5.54 Å². The Morgan fingerprint density at radius 2 is 2.05 bits per heavy atom. The summed E-state index contributed by atoms with van der Waals surface area (Å²) in [5.41, 5.74) is -1.38. The Hall–Kier alpha value is -0.820. The van der Waals surface area contributed by atoms with Gasteiger partial charge in [-0.25, -0.2) is 8.42 Å². The molecule has 2 rings (SSSR count). The van der Waals surface area contributed by atoms with Crippen LogP contribution < -0.4 is 0 Å². The fraction of sp³-hybridized carbons (Fsp3) is 0.462. The topological polar surface area (TPSA) is 74.7 Å². The van der Waals surface area contributed by atoms with Crippen molar-refractivity contribution in [3.8, 4) is 0 Å². The number of carboxylic acids is 1. The molecular weight excluding hydrogens is 337 g/mol. The number of carbonyl (C=O) groups is 1. The van der Waals surface area contributed by atoms with E-state index in [0.29, 0.717) is 12.8 Å². The molecule has 1 heterocycles. The Balaban J connectivity index is 2.52. The van der Waals surface area contributed by atoms with Crippen molar-refractivity contribution in [2.24, 2.45) is 0 Å². The van der Waals surface area contributed by atoms with Crippen molar-refractivity contribution in [2.45, 2.75) is 36.6 Å². The summed E-state index contributed by atoms with van der Waals surface area (Å²) in [6, 6.07) is 3.98.